The molecular formula is C10H15O3P. The van der Waals surface area contributed by atoms with Gasteiger partial charge in [-0.1, -0.05) is 44.2 Å². The van der Waals surface area contributed by atoms with E-state index < -0.39 is 7.60 Å². The molecule has 0 amide bonds. The summed E-state index contributed by atoms with van der Waals surface area (Å²) in [4.78, 5) is 9.39. The van der Waals surface area contributed by atoms with Gasteiger partial charge in [0.05, 0.1) is 12.3 Å². The Hall–Kier alpha value is -0.630. The Morgan fingerprint density at radius 2 is 1.93 bits per heavy atom. The minimum Gasteiger partial charge on any atom is -0.324 e. The van der Waals surface area contributed by atoms with E-state index in [-0.39, 0.29) is 12.3 Å². The molecule has 0 heterocycles. The molecular weight excluding hydrogens is 199 g/mol. The maximum absolute atomic E-state index is 11.4. The molecule has 1 aromatic carbocycles. The van der Waals surface area contributed by atoms with Crippen LogP contribution in [0.5, 0.6) is 0 Å². The van der Waals surface area contributed by atoms with Crippen molar-refractivity contribution in [3.05, 3.63) is 35.9 Å². The van der Waals surface area contributed by atoms with Crippen LogP contribution < -0.4 is 0 Å². The van der Waals surface area contributed by atoms with Crippen molar-refractivity contribution in [2.75, 3.05) is 0 Å². The van der Waals surface area contributed by atoms with Crippen molar-refractivity contribution in [2.24, 2.45) is 0 Å². The van der Waals surface area contributed by atoms with Crippen LogP contribution in [0.15, 0.2) is 30.3 Å². The summed E-state index contributed by atoms with van der Waals surface area (Å²) in [5, 5.41) is 0. The molecule has 1 atom stereocenters. The molecule has 1 aromatic rings. The summed E-state index contributed by atoms with van der Waals surface area (Å²) in [5.41, 5.74) is 0.550. The third-order valence-corrected chi connectivity index (χ3v) is 3.72. The number of benzene rings is 1. The lowest BCUT2D eigenvalue weighted by Crippen LogP contribution is -2.01. The third-order valence-electron chi connectivity index (χ3n) is 1.91. The molecule has 4 heteroatoms. The van der Waals surface area contributed by atoms with Gasteiger partial charge in [-0.05, 0) is 5.56 Å². The quantitative estimate of drug-likeness (QED) is 0.784. The van der Waals surface area contributed by atoms with E-state index in [9.17, 15) is 9.46 Å². The Kier molecular flexibility index (Phi) is 3.87. The Bertz CT molecular complexity index is 321. The minimum atomic E-state index is -3.43. The van der Waals surface area contributed by atoms with E-state index in [1.54, 1.807) is 13.8 Å². The molecule has 1 rings (SSSR count). The molecule has 0 aliphatic carbocycles. The summed E-state index contributed by atoms with van der Waals surface area (Å²) in [6.45, 7) is 3.53. The van der Waals surface area contributed by atoms with Gasteiger partial charge in [0, 0.05) is 0 Å². The average molecular weight is 214 g/mol. The molecule has 3 nitrogen and oxygen atoms in total. The predicted octanol–water partition coefficient (Wildman–Crippen LogP) is 2.80. The van der Waals surface area contributed by atoms with Gasteiger partial charge in [-0.2, -0.15) is 0 Å². The Labute approximate surface area is 84.3 Å². The van der Waals surface area contributed by atoms with Crippen molar-refractivity contribution in [3.8, 4) is 0 Å². The molecule has 14 heavy (non-hydrogen) atoms. The highest BCUT2D eigenvalue weighted by atomic mass is 31.2. The molecule has 0 bridgehead atoms. The predicted molar refractivity (Wildman–Crippen MR) is 56.2 cm³/mol. The van der Waals surface area contributed by atoms with Gasteiger partial charge >= 0.3 is 7.60 Å². The first kappa shape index (κ1) is 11.4. The zero-order valence-corrected chi connectivity index (χ0v) is 9.28. The molecule has 0 saturated carbocycles. The number of hydrogen-bond acceptors (Lipinski definition) is 2. The lowest BCUT2D eigenvalue weighted by atomic mass is 10.2. The van der Waals surface area contributed by atoms with E-state index in [1.807, 2.05) is 30.3 Å². The average Bonchev–Trinajstić information content (AvgIpc) is 2.16. The molecule has 0 radical (unpaired) electrons. The summed E-state index contributed by atoms with van der Waals surface area (Å²) in [7, 11) is -3.43. The van der Waals surface area contributed by atoms with Gasteiger partial charge in [0.2, 0.25) is 0 Å². The van der Waals surface area contributed by atoms with Crippen LogP contribution in [0.1, 0.15) is 19.4 Å². The zero-order chi connectivity index (χ0) is 10.6. The Balaban J connectivity index is 2.54. The summed E-state index contributed by atoms with van der Waals surface area (Å²) >= 11 is 0. The van der Waals surface area contributed by atoms with Gasteiger partial charge in [0.25, 0.3) is 0 Å². The Morgan fingerprint density at radius 3 is 2.43 bits per heavy atom. The molecule has 0 saturated heterocycles. The fourth-order valence-electron chi connectivity index (χ4n) is 0.890. The molecule has 0 fully saturated rings. The monoisotopic (exact) mass is 214 g/mol. The smallest absolute Gasteiger partial charge is 0.324 e. The third kappa shape index (κ3) is 3.26. The lowest BCUT2D eigenvalue weighted by Gasteiger charge is -2.15. The van der Waals surface area contributed by atoms with Crippen LogP contribution >= 0.6 is 7.60 Å². The van der Waals surface area contributed by atoms with Gasteiger partial charge in [0.15, 0.2) is 0 Å². The highest BCUT2D eigenvalue weighted by Gasteiger charge is 2.23. The van der Waals surface area contributed by atoms with Gasteiger partial charge in [-0.15, -0.1) is 0 Å². The first-order chi connectivity index (χ1) is 6.52. The molecule has 0 aromatic heterocycles. The largest absolute Gasteiger partial charge is 0.330 e. The van der Waals surface area contributed by atoms with E-state index in [4.69, 9.17) is 4.52 Å². The topological polar surface area (TPSA) is 46.5 Å². The summed E-state index contributed by atoms with van der Waals surface area (Å²) in [5.74, 6) is 0. The van der Waals surface area contributed by atoms with Crippen LogP contribution in [-0.4, -0.2) is 10.6 Å². The first-order valence-electron chi connectivity index (χ1n) is 4.53. The van der Waals surface area contributed by atoms with Gasteiger partial charge < -0.3 is 9.42 Å². The van der Waals surface area contributed by atoms with Crippen molar-refractivity contribution in [1.29, 1.82) is 0 Å². The van der Waals surface area contributed by atoms with Crippen LogP contribution in [0.25, 0.3) is 0 Å². The van der Waals surface area contributed by atoms with Crippen molar-refractivity contribution < 1.29 is 14.0 Å². The van der Waals surface area contributed by atoms with Gasteiger partial charge in [0.1, 0.15) is 0 Å². The summed E-state index contributed by atoms with van der Waals surface area (Å²) in [6.07, 6.45) is 0. The van der Waals surface area contributed by atoms with E-state index in [0.29, 0.717) is 0 Å². The number of hydrogen-bond donors (Lipinski definition) is 1. The second kappa shape index (κ2) is 4.74. The van der Waals surface area contributed by atoms with Crippen molar-refractivity contribution in [1.82, 2.24) is 0 Å². The molecule has 0 aliphatic heterocycles. The van der Waals surface area contributed by atoms with E-state index in [1.165, 1.54) is 0 Å². The van der Waals surface area contributed by atoms with Gasteiger partial charge in [-0.3, -0.25) is 4.57 Å². The highest BCUT2D eigenvalue weighted by molar-refractivity contribution is 7.53. The SMILES string of the molecule is CC(C)P(=O)(O)OCc1ccccc1. The van der Waals surface area contributed by atoms with Crippen molar-refractivity contribution in [2.45, 2.75) is 26.1 Å². The molecule has 1 N–H and O–H groups in total. The second-order valence-electron chi connectivity index (χ2n) is 3.42. The molecule has 78 valence electrons. The van der Waals surface area contributed by atoms with Crippen LogP contribution in [0.2, 0.25) is 0 Å². The normalized spacial score (nSPS) is 15.4. The molecule has 1 unspecified atom stereocenters. The minimum absolute atomic E-state index is 0.187. The van der Waals surface area contributed by atoms with Crippen LogP contribution in [0.4, 0.5) is 0 Å². The van der Waals surface area contributed by atoms with Crippen LogP contribution in [-0.2, 0) is 15.7 Å². The van der Waals surface area contributed by atoms with E-state index in [0.717, 1.165) is 5.56 Å². The maximum atomic E-state index is 11.4. The van der Waals surface area contributed by atoms with Crippen LogP contribution in [0, 0.1) is 0 Å². The molecule has 0 aliphatic rings. The highest BCUT2D eigenvalue weighted by Crippen LogP contribution is 2.47. The fraction of sp³-hybridized carbons (Fsp3) is 0.400. The first-order valence-corrected chi connectivity index (χ1v) is 6.18. The number of rotatable bonds is 4. The fourth-order valence-corrected chi connectivity index (χ4v) is 1.52. The van der Waals surface area contributed by atoms with Crippen LogP contribution in [0.3, 0.4) is 0 Å². The van der Waals surface area contributed by atoms with Crippen molar-refractivity contribution >= 4 is 7.60 Å². The standard InChI is InChI=1S/C10H15O3P/c1-9(2)14(11,12)13-8-10-6-4-3-5-7-10/h3-7,9H,8H2,1-2H3,(H,11,12). The van der Waals surface area contributed by atoms with Gasteiger partial charge in [-0.25, -0.2) is 0 Å². The molecule has 0 spiro atoms. The van der Waals surface area contributed by atoms with Crippen molar-refractivity contribution in [3.63, 3.8) is 0 Å². The maximum Gasteiger partial charge on any atom is 0.330 e. The summed E-state index contributed by atoms with van der Waals surface area (Å²) in [6, 6.07) is 9.36. The lowest BCUT2D eigenvalue weighted by molar-refractivity contribution is 0.244. The Morgan fingerprint density at radius 1 is 1.36 bits per heavy atom. The second-order valence-corrected chi connectivity index (χ2v) is 5.84. The van der Waals surface area contributed by atoms with E-state index >= 15 is 0 Å². The van der Waals surface area contributed by atoms with E-state index in [2.05, 4.69) is 0 Å². The zero-order valence-electron chi connectivity index (χ0n) is 8.38. The summed E-state index contributed by atoms with van der Waals surface area (Å²) < 4.78 is 16.4.